The van der Waals surface area contributed by atoms with Crippen LogP contribution in [0.3, 0.4) is 0 Å². The molecule has 2 N–H and O–H groups in total. The Kier molecular flexibility index (Phi) is 6.62. The van der Waals surface area contributed by atoms with Crippen LogP contribution >= 0.6 is 0 Å². The molecule has 1 unspecified atom stereocenters. The summed E-state index contributed by atoms with van der Waals surface area (Å²) in [6.07, 6.45) is 0.248. The lowest BCUT2D eigenvalue weighted by molar-refractivity contribution is -0.124. The first-order chi connectivity index (χ1) is 12.6. The Morgan fingerprint density at radius 2 is 1.63 bits per heavy atom. The van der Waals surface area contributed by atoms with Gasteiger partial charge in [0.05, 0.1) is 12.0 Å². The predicted octanol–water partition coefficient (Wildman–Crippen LogP) is 2.50. The van der Waals surface area contributed by atoms with Gasteiger partial charge in [0.1, 0.15) is 11.8 Å². The number of hydrogen-bond acceptors (Lipinski definition) is 4. The van der Waals surface area contributed by atoms with E-state index in [-0.39, 0.29) is 17.2 Å². The monoisotopic (exact) mass is 390 g/mol. The number of ether oxygens (including phenoxy) is 1. The molecule has 0 saturated heterocycles. The van der Waals surface area contributed by atoms with Crippen molar-refractivity contribution in [2.75, 3.05) is 7.11 Å². The number of rotatable bonds is 7. The van der Waals surface area contributed by atoms with Crippen molar-refractivity contribution in [3.63, 3.8) is 0 Å². The van der Waals surface area contributed by atoms with Gasteiger partial charge >= 0.3 is 0 Å². The lowest BCUT2D eigenvalue weighted by atomic mass is 10.0. The summed E-state index contributed by atoms with van der Waals surface area (Å²) in [7, 11) is -2.36. The highest BCUT2D eigenvalue weighted by Crippen LogP contribution is 2.16. The fraction of sp³-hybridized carbons (Fsp3) is 0.350. The zero-order valence-electron chi connectivity index (χ0n) is 16.0. The van der Waals surface area contributed by atoms with E-state index >= 15 is 0 Å². The number of amides is 1. The second kappa shape index (κ2) is 8.54. The van der Waals surface area contributed by atoms with Gasteiger partial charge in [0, 0.05) is 5.54 Å². The Hall–Kier alpha value is -2.38. The minimum atomic E-state index is -3.87. The van der Waals surface area contributed by atoms with Crippen molar-refractivity contribution >= 4 is 15.9 Å². The summed E-state index contributed by atoms with van der Waals surface area (Å²) in [6, 6.07) is 14.4. The minimum absolute atomic E-state index is 0.0740. The Labute approximate surface area is 161 Å². The Balaban J connectivity index is 2.27. The van der Waals surface area contributed by atoms with Crippen LogP contribution in [0.4, 0.5) is 0 Å². The van der Waals surface area contributed by atoms with E-state index in [0.29, 0.717) is 5.75 Å². The van der Waals surface area contributed by atoms with Crippen LogP contribution in [-0.2, 0) is 21.2 Å². The molecule has 0 aliphatic heterocycles. The first-order valence-electron chi connectivity index (χ1n) is 8.63. The Morgan fingerprint density at radius 1 is 1.04 bits per heavy atom. The first kappa shape index (κ1) is 20.9. The normalized spacial score (nSPS) is 13.0. The molecule has 0 aliphatic carbocycles. The van der Waals surface area contributed by atoms with E-state index in [4.69, 9.17) is 4.74 Å². The standard InChI is InChI=1S/C20H26N2O4S/c1-20(2,3)21-19(23)18(14-15-8-6-5-7-9-15)22-27(24,25)17-12-10-16(26-4)11-13-17/h5-13,18,22H,14H2,1-4H3,(H,21,23). The molecule has 0 heterocycles. The molecule has 1 atom stereocenters. The fourth-order valence-corrected chi connectivity index (χ4v) is 3.70. The Morgan fingerprint density at radius 3 is 2.15 bits per heavy atom. The van der Waals surface area contributed by atoms with Crippen molar-refractivity contribution in [1.82, 2.24) is 10.0 Å². The molecule has 2 aromatic carbocycles. The maximum Gasteiger partial charge on any atom is 0.241 e. The number of benzene rings is 2. The van der Waals surface area contributed by atoms with Gasteiger partial charge in [-0.25, -0.2) is 8.42 Å². The fourth-order valence-electron chi connectivity index (χ4n) is 2.50. The molecule has 7 heteroatoms. The van der Waals surface area contributed by atoms with Gasteiger partial charge < -0.3 is 10.1 Å². The summed E-state index contributed by atoms with van der Waals surface area (Å²) in [5, 5.41) is 2.85. The van der Waals surface area contributed by atoms with E-state index in [2.05, 4.69) is 10.0 Å². The largest absolute Gasteiger partial charge is 0.497 e. The number of methoxy groups -OCH3 is 1. The van der Waals surface area contributed by atoms with Gasteiger partial charge in [-0.05, 0) is 57.0 Å². The van der Waals surface area contributed by atoms with Crippen LogP contribution in [0.15, 0.2) is 59.5 Å². The predicted molar refractivity (Wildman–Crippen MR) is 105 cm³/mol. The van der Waals surface area contributed by atoms with Crippen LogP contribution in [0, 0.1) is 0 Å². The van der Waals surface area contributed by atoms with Crippen LogP contribution in [-0.4, -0.2) is 33.0 Å². The molecule has 2 aromatic rings. The van der Waals surface area contributed by atoms with Crippen molar-refractivity contribution in [1.29, 1.82) is 0 Å². The molecule has 6 nitrogen and oxygen atoms in total. The molecule has 27 heavy (non-hydrogen) atoms. The zero-order valence-corrected chi connectivity index (χ0v) is 16.8. The van der Waals surface area contributed by atoms with Crippen molar-refractivity contribution in [3.8, 4) is 5.75 Å². The number of nitrogens with one attached hydrogen (secondary N) is 2. The molecule has 0 fully saturated rings. The van der Waals surface area contributed by atoms with E-state index in [0.717, 1.165) is 5.56 Å². The first-order valence-corrected chi connectivity index (χ1v) is 10.1. The van der Waals surface area contributed by atoms with E-state index in [1.54, 1.807) is 12.1 Å². The summed E-state index contributed by atoms with van der Waals surface area (Å²) in [6.45, 7) is 5.55. The quantitative estimate of drug-likeness (QED) is 0.761. The molecule has 146 valence electrons. The maximum atomic E-state index is 12.8. The third kappa shape index (κ3) is 6.37. The maximum absolute atomic E-state index is 12.8. The molecule has 1 amide bonds. The van der Waals surface area contributed by atoms with Gasteiger partial charge in [0.15, 0.2) is 0 Å². The highest BCUT2D eigenvalue weighted by atomic mass is 32.2. The highest BCUT2D eigenvalue weighted by molar-refractivity contribution is 7.89. The summed E-state index contributed by atoms with van der Waals surface area (Å²) in [4.78, 5) is 12.8. The van der Waals surface area contributed by atoms with Crippen molar-refractivity contribution < 1.29 is 17.9 Å². The molecule has 0 saturated carbocycles. The summed E-state index contributed by atoms with van der Waals surface area (Å²) in [5.74, 6) is 0.184. The topological polar surface area (TPSA) is 84.5 Å². The van der Waals surface area contributed by atoms with E-state index < -0.39 is 21.6 Å². The van der Waals surface area contributed by atoms with Gasteiger partial charge in [0.2, 0.25) is 15.9 Å². The molecule has 0 aromatic heterocycles. The number of sulfonamides is 1. The molecule has 0 bridgehead atoms. The number of carbonyl (C=O) groups is 1. The van der Waals surface area contributed by atoms with Gasteiger partial charge in [-0.1, -0.05) is 30.3 Å². The van der Waals surface area contributed by atoms with Gasteiger partial charge in [-0.3, -0.25) is 4.79 Å². The molecule has 0 spiro atoms. The van der Waals surface area contributed by atoms with Gasteiger partial charge in [-0.15, -0.1) is 0 Å². The summed E-state index contributed by atoms with van der Waals surface area (Å²) >= 11 is 0. The highest BCUT2D eigenvalue weighted by Gasteiger charge is 2.28. The second-order valence-electron chi connectivity index (χ2n) is 7.28. The molecule has 2 rings (SSSR count). The van der Waals surface area contributed by atoms with Crippen molar-refractivity contribution in [2.45, 2.75) is 43.7 Å². The lowest BCUT2D eigenvalue weighted by Crippen LogP contribution is -2.52. The minimum Gasteiger partial charge on any atom is -0.497 e. The van der Waals surface area contributed by atoms with Crippen LogP contribution < -0.4 is 14.8 Å². The molecule has 0 aliphatic rings. The Bertz CT molecular complexity index is 857. The SMILES string of the molecule is COc1ccc(S(=O)(=O)NC(Cc2ccccc2)C(=O)NC(C)(C)C)cc1. The van der Waals surface area contributed by atoms with Crippen LogP contribution in [0.5, 0.6) is 5.75 Å². The second-order valence-corrected chi connectivity index (χ2v) is 8.99. The third-order valence-electron chi connectivity index (χ3n) is 3.76. The van der Waals surface area contributed by atoms with E-state index in [9.17, 15) is 13.2 Å². The molecular weight excluding hydrogens is 364 g/mol. The van der Waals surface area contributed by atoms with Gasteiger partial charge in [-0.2, -0.15) is 4.72 Å². The molecule has 0 radical (unpaired) electrons. The number of carbonyl (C=O) groups excluding carboxylic acids is 1. The average Bonchev–Trinajstić information content (AvgIpc) is 2.60. The van der Waals surface area contributed by atoms with Crippen LogP contribution in [0.25, 0.3) is 0 Å². The average molecular weight is 391 g/mol. The van der Waals surface area contributed by atoms with E-state index in [1.165, 1.54) is 19.2 Å². The van der Waals surface area contributed by atoms with Crippen molar-refractivity contribution in [2.24, 2.45) is 0 Å². The summed E-state index contributed by atoms with van der Waals surface area (Å²) < 4.78 is 33.1. The van der Waals surface area contributed by atoms with Gasteiger partial charge in [0.25, 0.3) is 0 Å². The van der Waals surface area contributed by atoms with Crippen molar-refractivity contribution in [3.05, 3.63) is 60.2 Å². The molecular formula is C20H26N2O4S. The van der Waals surface area contributed by atoms with E-state index in [1.807, 2.05) is 51.1 Å². The third-order valence-corrected chi connectivity index (χ3v) is 5.25. The lowest BCUT2D eigenvalue weighted by Gasteiger charge is -2.25. The van der Waals surface area contributed by atoms with Crippen LogP contribution in [0.2, 0.25) is 0 Å². The number of hydrogen-bond donors (Lipinski definition) is 2. The zero-order chi connectivity index (χ0) is 20.1. The van der Waals surface area contributed by atoms with Crippen LogP contribution in [0.1, 0.15) is 26.3 Å². The summed E-state index contributed by atoms with van der Waals surface area (Å²) in [5.41, 5.74) is 0.390. The smallest absolute Gasteiger partial charge is 0.241 e.